The fourth-order valence-corrected chi connectivity index (χ4v) is 3.80. The minimum atomic E-state index is 0.164. The van der Waals surface area contributed by atoms with Crippen LogP contribution in [0.25, 0.3) is 0 Å². The summed E-state index contributed by atoms with van der Waals surface area (Å²) in [5, 5.41) is 9.56. The van der Waals surface area contributed by atoms with Crippen LogP contribution in [0.1, 0.15) is 51.0 Å². The van der Waals surface area contributed by atoms with Crippen LogP contribution in [0, 0.1) is 5.92 Å². The Morgan fingerprint density at radius 3 is 2.53 bits per heavy atom. The molecule has 1 aromatic carbocycles. The molecule has 1 aliphatic rings. The average molecular weight is 419 g/mol. The van der Waals surface area contributed by atoms with Gasteiger partial charge in [-0.3, -0.25) is 9.79 Å². The largest absolute Gasteiger partial charge is 0.493 e. The number of guanidine groups is 1. The van der Waals surface area contributed by atoms with Gasteiger partial charge in [-0.25, -0.2) is 0 Å². The molecular formula is C23H38N4O3. The smallest absolute Gasteiger partial charge is 0.220 e. The third-order valence-electron chi connectivity index (χ3n) is 5.37. The summed E-state index contributed by atoms with van der Waals surface area (Å²) in [6, 6.07) is 6.07. The second-order valence-corrected chi connectivity index (χ2v) is 7.65. The molecule has 0 saturated heterocycles. The van der Waals surface area contributed by atoms with Gasteiger partial charge in [0.15, 0.2) is 17.5 Å². The van der Waals surface area contributed by atoms with Gasteiger partial charge in [0.1, 0.15) is 0 Å². The first-order valence-electron chi connectivity index (χ1n) is 11.2. The molecule has 3 N–H and O–H groups in total. The number of carbonyl (C=O) groups excluding carboxylic acids is 1. The molecule has 0 unspecified atom stereocenters. The van der Waals surface area contributed by atoms with Crippen molar-refractivity contribution in [3.8, 4) is 11.5 Å². The van der Waals surface area contributed by atoms with E-state index in [1.165, 1.54) is 31.2 Å². The summed E-state index contributed by atoms with van der Waals surface area (Å²) >= 11 is 0. The number of benzene rings is 1. The number of rotatable bonds is 12. The highest BCUT2D eigenvalue weighted by Gasteiger charge is 2.17. The van der Waals surface area contributed by atoms with Gasteiger partial charge in [-0.15, -0.1) is 0 Å². The molecule has 0 spiro atoms. The number of aryl methyl sites for hydroxylation is 1. The number of methoxy groups -OCH3 is 1. The van der Waals surface area contributed by atoms with Gasteiger partial charge in [-0.05, 0) is 56.2 Å². The SMILES string of the molecule is CCOc1cc(CCCNC(=NC)NCCNC(=O)CC2CCCC2)ccc1OC. The Morgan fingerprint density at radius 2 is 1.83 bits per heavy atom. The fraction of sp³-hybridized carbons (Fsp3) is 0.652. The standard InChI is InChI=1S/C23H38N4O3/c1-4-30-21-16-19(11-12-20(21)29-3)10-7-13-26-23(24-2)27-15-14-25-22(28)17-18-8-5-6-9-18/h11-12,16,18H,4-10,13-15,17H2,1-3H3,(H,25,28)(H2,24,26,27). The van der Waals surface area contributed by atoms with Crippen molar-refractivity contribution < 1.29 is 14.3 Å². The molecule has 7 nitrogen and oxygen atoms in total. The molecule has 0 atom stereocenters. The summed E-state index contributed by atoms with van der Waals surface area (Å²) in [5.74, 6) is 3.06. The Balaban J connectivity index is 1.60. The molecule has 2 rings (SSSR count). The summed E-state index contributed by atoms with van der Waals surface area (Å²) in [7, 11) is 3.41. The summed E-state index contributed by atoms with van der Waals surface area (Å²) in [6.07, 6.45) is 7.52. The van der Waals surface area contributed by atoms with Crippen LogP contribution in [-0.2, 0) is 11.2 Å². The highest BCUT2D eigenvalue weighted by Crippen LogP contribution is 2.28. The molecule has 7 heteroatoms. The van der Waals surface area contributed by atoms with Gasteiger partial charge >= 0.3 is 0 Å². The van der Waals surface area contributed by atoms with Crippen LogP contribution in [-0.4, -0.2) is 52.3 Å². The zero-order chi connectivity index (χ0) is 21.6. The van der Waals surface area contributed by atoms with Gasteiger partial charge in [0.2, 0.25) is 5.91 Å². The molecule has 0 bridgehead atoms. The van der Waals surface area contributed by atoms with Crippen LogP contribution >= 0.6 is 0 Å². The van der Waals surface area contributed by atoms with Crippen molar-refractivity contribution in [1.29, 1.82) is 0 Å². The summed E-state index contributed by atoms with van der Waals surface area (Å²) < 4.78 is 11.0. The lowest BCUT2D eigenvalue weighted by Crippen LogP contribution is -2.42. The van der Waals surface area contributed by atoms with Crippen molar-refractivity contribution in [2.24, 2.45) is 10.9 Å². The molecule has 0 heterocycles. The normalized spacial score (nSPS) is 14.4. The molecular weight excluding hydrogens is 380 g/mol. The number of ether oxygens (including phenoxy) is 2. The number of hydrogen-bond donors (Lipinski definition) is 3. The van der Waals surface area contributed by atoms with Gasteiger partial charge in [0.25, 0.3) is 0 Å². The zero-order valence-electron chi connectivity index (χ0n) is 18.8. The lowest BCUT2D eigenvalue weighted by atomic mass is 10.0. The van der Waals surface area contributed by atoms with Gasteiger partial charge < -0.3 is 25.4 Å². The Morgan fingerprint density at radius 1 is 1.10 bits per heavy atom. The summed E-state index contributed by atoms with van der Waals surface area (Å²) in [4.78, 5) is 16.2. The third kappa shape index (κ3) is 8.51. The van der Waals surface area contributed by atoms with Crippen molar-refractivity contribution in [2.45, 2.75) is 51.9 Å². The van der Waals surface area contributed by atoms with Crippen LogP contribution in [0.5, 0.6) is 11.5 Å². The predicted octanol–water partition coefficient (Wildman–Crippen LogP) is 2.89. The number of hydrogen-bond acceptors (Lipinski definition) is 4. The van der Waals surface area contributed by atoms with E-state index in [0.29, 0.717) is 32.0 Å². The first kappa shape index (κ1) is 23.8. The lowest BCUT2D eigenvalue weighted by molar-refractivity contribution is -0.121. The molecule has 0 radical (unpaired) electrons. The Hall–Kier alpha value is -2.44. The van der Waals surface area contributed by atoms with E-state index in [4.69, 9.17) is 9.47 Å². The molecule has 1 aliphatic carbocycles. The van der Waals surface area contributed by atoms with E-state index in [-0.39, 0.29) is 5.91 Å². The number of nitrogens with zero attached hydrogens (tertiary/aromatic N) is 1. The fourth-order valence-electron chi connectivity index (χ4n) is 3.80. The lowest BCUT2D eigenvalue weighted by Gasteiger charge is -2.14. The highest BCUT2D eigenvalue weighted by atomic mass is 16.5. The minimum absolute atomic E-state index is 0.164. The molecule has 1 amide bonds. The Bertz CT molecular complexity index is 672. The monoisotopic (exact) mass is 418 g/mol. The average Bonchev–Trinajstić information content (AvgIpc) is 3.26. The van der Waals surface area contributed by atoms with Crippen molar-refractivity contribution in [3.63, 3.8) is 0 Å². The first-order valence-corrected chi connectivity index (χ1v) is 11.2. The topological polar surface area (TPSA) is 84.0 Å². The van der Waals surface area contributed by atoms with Crippen molar-refractivity contribution in [1.82, 2.24) is 16.0 Å². The third-order valence-corrected chi connectivity index (χ3v) is 5.37. The molecule has 30 heavy (non-hydrogen) atoms. The van der Waals surface area contributed by atoms with E-state index < -0.39 is 0 Å². The van der Waals surface area contributed by atoms with Gasteiger partial charge in [-0.1, -0.05) is 18.9 Å². The molecule has 0 aromatic heterocycles. The van der Waals surface area contributed by atoms with Crippen LogP contribution in [0.2, 0.25) is 0 Å². The van der Waals surface area contributed by atoms with E-state index in [1.54, 1.807) is 14.2 Å². The zero-order valence-corrected chi connectivity index (χ0v) is 18.8. The van der Waals surface area contributed by atoms with Crippen LogP contribution in [0.4, 0.5) is 0 Å². The van der Waals surface area contributed by atoms with Crippen molar-refractivity contribution in [2.75, 3.05) is 40.4 Å². The van der Waals surface area contributed by atoms with E-state index >= 15 is 0 Å². The Labute approximate surface area is 181 Å². The first-order chi connectivity index (χ1) is 14.7. The van der Waals surface area contributed by atoms with Crippen LogP contribution in [0.3, 0.4) is 0 Å². The maximum atomic E-state index is 12.0. The maximum absolute atomic E-state index is 12.0. The predicted molar refractivity (Wildman–Crippen MR) is 121 cm³/mol. The Kier molecular flexibility index (Phi) is 10.9. The molecule has 168 valence electrons. The van der Waals surface area contributed by atoms with Crippen LogP contribution in [0.15, 0.2) is 23.2 Å². The number of aliphatic imine (C=N–C) groups is 1. The van der Waals surface area contributed by atoms with Crippen LogP contribution < -0.4 is 25.4 Å². The molecule has 1 aromatic rings. The van der Waals surface area contributed by atoms with Gasteiger partial charge in [0.05, 0.1) is 13.7 Å². The molecule has 1 fully saturated rings. The van der Waals surface area contributed by atoms with Crippen molar-refractivity contribution >= 4 is 11.9 Å². The molecule has 0 aliphatic heterocycles. The van der Waals surface area contributed by atoms with Crippen molar-refractivity contribution in [3.05, 3.63) is 23.8 Å². The quantitative estimate of drug-likeness (QED) is 0.276. The van der Waals surface area contributed by atoms with Gasteiger partial charge in [-0.2, -0.15) is 0 Å². The summed E-state index contributed by atoms with van der Waals surface area (Å²) in [5.41, 5.74) is 1.22. The summed E-state index contributed by atoms with van der Waals surface area (Å²) in [6.45, 7) is 4.66. The van der Waals surface area contributed by atoms with Gasteiger partial charge in [0, 0.05) is 33.1 Å². The highest BCUT2D eigenvalue weighted by molar-refractivity contribution is 5.79. The van der Waals surface area contributed by atoms with E-state index in [0.717, 1.165) is 36.8 Å². The van der Waals surface area contributed by atoms with E-state index in [1.807, 2.05) is 19.1 Å². The maximum Gasteiger partial charge on any atom is 0.220 e. The number of carbonyl (C=O) groups is 1. The molecule has 1 saturated carbocycles. The number of amides is 1. The van der Waals surface area contributed by atoms with E-state index in [2.05, 4.69) is 27.0 Å². The van der Waals surface area contributed by atoms with E-state index in [9.17, 15) is 4.79 Å². The minimum Gasteiger partial charge on any atom is -0.493 e. The number of nitrogens with one attached hydrogen (secondary N) is 3. The second kappa shape index (κ2) is 13.7. The second-order valence-electron chi connectivity index (χ2n) is 7.65.